The molecule has 25 heavy (non-hydrogen) atoms. The van der Waals surface area contributed by atoms with Gasteiger partial charge in [-0.3, -0.25) is 0 Å². The van der Waals surface area contributed by atoms with Crippen molar-refractivity contribution in [1.82, 2.24) is 0 Å². The fourth-order valence-electron chi connectivity index (χ4n) is 2.46. The SMILES string of the molecule is N#CC(=Cc1cc(Br)c(Br)o1)C1=NN(c2ccccc2)C(N)C1C#N. The summed E-state index contributed by atoms with van der Waals surface area (Å²) in [4.78, 5) is 0. The lowest BCUT2D eigenvalue weighted by Gasteiger charge is -2.21. The van der Waals surface area contributed by atoms with E-state index in [1.165, 1.54) is 0 Å². The molecule has 0 amide bonds. The van der Waals surface area contributed by atoms with E-state index in [1.54, 1.807) is 17.2 Å². The van der Waals surface area contributed by atoms with Gasteiger partial charge < -0.3 is 10.2 Å². The minimum Gasteiger partial charge on any atom is -0.449 e. The Hall–Kier alpha value is -2.39. The number of nitriles is 2. The normalized spacial score (nSPS) is 20.1. The van der Waals surface area contributed by atoms with Crippen molar-refractivity contribution in [2.24, 2.45) is 16.8 Å². The van der Waals surface area contributed by atoms with E-state index in [9.17, 15) is 10.5 Å². The van der Waals surface area contributed by atoms with Crippen molar-refractivity contribution < 1.29 is 4.42 Å². The van der Waals surface area contributed by atoms with Crippen molar-refractivity contribution >= 4 is 49.3 Å². The lowest BCUT2D eigenvalue weighted by molar-refractivity contribution is 0.529. The monoisotopic (exact) mass is 459 g/mol. The zero-order chi connectivity index (χ0) is 18.0. The maximum Gasteiger partial charge on any atom is 0.184 e. The summed E-state index contributed by atoms with van der Waals surface area (Å²) in [5, 5.41) is 25.1. The lowest BCUT2D eigenvalue weighted by Crippen LogP contribution is -2.40. The number of nitrogens with two attached hydrogens (primary N) is 1. The Morgan fingerprint density at radius 1 is 1.28 bits per heavy atom. The molecule has 0 fully saturated rings. The number of hydrogen-bond donors (Lipinski definition) is 1. The second-order valence-electron chi connectivity index (χ2n) is 5.20. The van der Waals surface area contributed by atoms with Gasteiger partial charge in [-0.1, -0.05) is 18.2 Å². The van der Waals surface area contributed by atoms with Crippen LogP contribution in [0.1, 0.15) is 5.76 Å². The largest absolute Gasteiger partial charge is 0.449 e. The first-order valence-corrected chi connectivity index (χ1v) is 8.78. The van der Waals surface area contributed by atoms with Gasteiger partial charge in [0, 0.05) is 6.08 Å². The quantitative estimate of drug-likeness (QED) is 0.697. The fourth-order valence-corrected chi connectivity index (χ4v) is 3.07. The number of rotatable bonds is 3. The first-order valence-electron chi connectivity index (χ1n) is 7.20. The summed E-state index contributed by atoms with van der Waals surface area (Å²) in [5.41, 5.74) is 7.49. The Bertz CT molecular complexity index is 917. The van der Waals surface area contributed by atoms with Gasteiger partial charge in [-0.15, -0.1) is 0 Å². The van der Waals surface area contributed by atoms with Crippen LogP contribution < -0.4 is 10.7 Å². The molecule has 2 atom stereocenters. The number of allylic oxidation sites excluding steroid dienone is 1. The molecule has 0 saturated carbocycles. The highest BCUT2D eigenvalue weighted by molar-refractivity contribution is 9.13. The molecule has 1 aromatic heterocycles. The second kappa shape index (κ2) is 7.24. The van der Waals surface area contributed by atoms with Crippen molar-refractivity contribution in [2.75, 3.05) is 5.01 Å². The van der Waals surface area contributed by atoms with Crippen LogP contribution in [0.4, 0.5) is 5.69 Å². The van der Waals surface area contributed by atoms with Crippen LogP contribution in [-0.2, 0) is 0 Å². The summed E-state index contributed by atoms with van der Waals surface area (Å²) in [6.45, 7) is 0. The predicted octanol–water partition coefficient (Wildman–Crippen LogP) is 4.01. The molecule has 2 N–H and O–H groups in total. The number of furan rings is 1. The van der Waals surface area contributed by atoms with Gasteiger partial charge in [-0.2, -0.15) is 15.6 Å². The van der Waals surface area contributed by atoms with Gasteiger partial charge in [-0.05, 0) is 50.1 Å². The topological polar surface area (TPSA) is 102 Å². The van der Waals surface area contributed by atoms with E-state index in [-0.39, 0.29) is 5.57 Å². The van der Waals surface area contributed by atoms with Crippen LogP contribution >= 0.6 is 31.9 Å². The average Bonchev–Trinajstić information content (AvgIpc) is 3.12. The highest BCUT2D eigenvalue weighted by Crippen LogP contribution is 2.31. The Morgan fingerprint density at radius 2 is 2.00 bits per heavy atom. The van der Waals surface area contributed by atoms with Gasteiger partial charge in [0.25, 0.3) is 0 Å². The summed E-state index contributed by atoms with van der Waals surface area (Å²) in [6, 6.07) is 15.2. The van der Waals surface area contributed by atoms with Crippen molar-refractivity contribution in [3.05, 3.63) is 56.9 Å². The highest BCUT2D eigenvalue weighted by Gasteiger charge is 2.37. The second-order valence-corrected chi connectivity index (χ2v) is 6.78. The third-order valence-electron chi connectivity index (χ3n) is 3.64. The molecule has 2 heterocycles. The number of halogens is 2. The van der Waals surface area contributed by atoms with E-state index < -0.39 is 12.1 Å². The standard InChI is InChI=1S/C17H11Br2N5O/c18-14-7-12(25-16(14)19)6-10(8-20)15-13(9-21)17(22)24(23-15)11-4-2-1-3-5-11/h1-7,13,17H,22H2. The van der Waals surface area contributed by atoms with Gasteiger partial charge in [0.2, 0.25) is 0 Å². The molecule has 0 radical (unpaired) electrons. The van der Waals surface area contributed by atoms with E-state index >= 15 is 0 Å². The molecule has 0 bridgehead atoms. The maximum absolute atomic E-state index is 9.55. The Morgan fingerprint density at radius 3 is 2.56 bits per heavy atom. The summed E-state index contributed by atoms with van der Waals surface area (Å²) in [7, 11) is 0. The van der Waals surface area contributed by atoms with E-state index in [0.29, 0.717) is 16.1 Å². The molecular weight excluding hydrogens is 450 g/mol. The van der Waals surface area contributed by atoms with Crippen molar-refractivity contribution in [3.8, 4) is 12.1 Å². The molecule has 124 valence electrons. The first-order chi connectivity index (χ1) is 12.0. The highest BCUT2D eigenvalue weighted by atomic mass is 79.9. The van der Waals surface area contributed by atoms with Crippen LogP contribution in [0.2, 0.25) is 0 Å². The number of hydrogen-bond acceptors (Lipinski definition) is 6. The Labute approximate surface area is 161 Å². The molecule has 8 heteroatoms. The molecule has 2 aromatic rings. The van der Waals surface area contributed by atoms with E-state index in [4.69, 9.17) is 10.2 Å². The van der Waals surface area contributed by atoms with Crippen molar-refractivity contribution in [2.45, 2.75) is 6.17 Å². The molecule has 2 unspecified atom stereocenters. The van der Waals surface area contributed by atoms with Crippen LogP contribution in [0, 0.1) is 28.6 Å². The van der Waals surface area contributed by atoms with Crippen LogP contribution in [0.5, 0.6) is 0 Å². The van der Waals surface area contributed by atoms with Crippen LogP contribution in [0.15, 0.2) is 60.6 Å². The number of hydrazone groups is 1. The van der Waals surface area contributed by atoms with Gasteiger partial charge in [0.1, 0.15) is 23.9 Å². The number of para-hydroxylation sites is 1. The zero-order valence-corrected chi connectivity index (χ0v) is 15.9. The van der Waals surface area contributed by atoms with Gasteiger partial charge in [-0.25, -0.2) is 5.01 Å². The average molecular weight is 461 g/mol. The Kier molecular flexibility index (Phi) is 5.05. The first kappa shape index (κ1) is 17.4. The molecule has 3 rings (SSSR count). The molecule has 0 spiro atoms. The molecule has 1 aromatic carbocycles. The minimum atomic E-state index is -0.729. The van der Waals surface area contributed by atoms with Crippen molar-refractivity contribution in [1.29, 1.82) is 10.5 Å². The number of benzene rings is 1. The zero-order valence-electron chi connectivity index (χ0n) is 12.7. The molecule has 6 nitrogen and oxygen atoms in total. The Balaban J connectivity index is 2.03. The minimum absolute atomic E-state index is 0.231. The van der Waals surface area contributed by atoms with Gasteiger partial charge >= 0.3 is 0 Å². The third kappa shape index (κ3) is 3.38. The number of nitrogens with zero attached hydrogens (tertiary/aromatic N) is 4. The molecule has 0 aliphatic carbocycles. The van der Waals surface area contributed by atoms with Crippen LogP contribution in [0.3, 0.4) is 0 Å². The smallest absolute Gasteiger partial charge is 0.184 e. The van der Waals surface area contributed by atoms with Crippen LogP contribution in [-0.4, -0.2) is 11.9 Å². The summed E-state index contributed by atoms with van der Waals surface area (Å²) < 4.78 is 6.72. The molecule has 1 aliphatic heterocycles. The summed E-state index contributed by atoms with van der Waals surface area (Å²) in [6.07, 6.45) is 0.870. The van der Waals surface area contributed by atoms with Gasteiger partial charge in [0.15, 0.2) is 4.67 Å². The van der Waals surface area contributed by atoms with Crippen LogP contribution in [0.25, 0.3) is 6.08 Å². The molecule has 1 aliphatic rings. The maximum atomic E-state index is 9.55. The molecular formula is C17H11Br2N5O. The predicted molar refractivity (Wildman–Crippen MR) is 101 cm³/mol. The van der Waals surface area contributed by atoms with Crippen molar-refractivity contribution in [3.63, 3.8) is 0 Å². The summed E-state index contributed by atoms with van der Waals surface area (Å²) >= 11 is 6.57. The third-order valence-corrected chi connectivity index (χ3v) is 5.35. The van der Waals surface area contributed by atoms with E-state index in [2.05, 4.69) is 49.1 Å². The summed E-state index contributed by atoms with van der Waals surface area (Å²) in [5.74, 6) is -0.269. The molecule has 0 saturated heterocycles. The van der Waals surface area contributed by atoms with E-state index in [0.717, 1.165) is 10.2 Å². The lowest BCUT2D eigenvalue weighted by atomic mass is 9.96. The van der Waals surface area contributed by atoms with Gasteiger partial charge in [0.05, 0.1) is 27.5 Å². The van der Waals surface area contributed by atoms with E-state index in [1.807, 2.05) is 30.3 Å². The number of anilines is 1. The fraction of sp³-hybridized carbons (Fsp3) is 0.118.